The van der Waals surface area contributed by atoms with Crippen molar-refractivity contribution in [2.24, 2.45) is 0 Å². The molecule has 0 spiro atoms. The molecule has 2 aromatic carbocycles. The van der Waals surface area contributed by atoms with Gasteiger partial charge < -0.3 is 79.9 Å². The minimum absolute atomic E-state index is 0.119. The molecule has 2 fully saturated rings. The van der Waals surface area contributed by atoms with Crippen molar-refractivity contribution in [1.82, 2.24) is 0 Å². The van der Waals surface area contributed by atoms with Crippen LogP contribution in [0.4, 0.5) is 0 Å². The fraction of sp³-hybridized carbons (Fsp3) is 0.483. The number of phenolic OH excluding ortho intramolecular Hbond substituents is 4. The molecule has 0 amide bonds. The number of carbonyl (C=O) groups excluding carboxylic acids is 1. The van der Waals surface area contributed by atoms with Crippen LogP contribution in [0, 0.1) is 0 Å². The van der Waals surface area contributed by atoms with Crippen LogP contribution in [-0.4, -0.2) is 143 Å². The fourth-order valence-corrected chi connectivity index (χ4v) is 4.82. The van der Waals surface area contributed by atoms with Gasteiger partial charge in [0, 0.05) is 6.08 Å². The quantitative estimate of drug-likeness (QED) is 0.0674. The van der Waals surface area contributed by atoms with E-state index in [0.29, 0.717) is 0 Å². The summed E-state index contributed by atoms with van der Waals surface area (Å²) in [6.45, 7) is -2.21. The molecule has 0 bridgehead atoms. The second-order valence-corrected chi connectivity index (χ2v) is 10.6. The maximum atomic E-state index is 12.8. The van der Waals surface area contributed by atoms with Gasteiger partial charge in [0.2, 0.25) is 0 Å². The Bertz CT molecular complexity index is 1350. The number of benzene rings is 2. The first-order chi connectivity index (χ1) is 21.8. The van der Waals surface area contributed by atoms with Crippen molar-refractivity contribution in [3.8, 4) is 23.0 Å². The van der Waals surface area contributed by atoms with E-state index in [0.717, 1.165) is 24.3 Å². The molecule has 0 radical (unpaired) electrons. The van der Waals surface area contributed by atoms with E-state index >= 15 is 0 Å². The molecular weight excluding hydrogens is 620 g/mol. The molecule has 254 valence electrons. The smallest absolute Gasteiger partial charge is 0.331 e. The van der Waals surface area contributed by atoms with E-state index in [2.05, 4.69) is 0 Å². The van der Waals surface area contributed by atoms with Crippen LogP contribution in [0.15, 0.2) is 42.5 Å². The first kappa shape index (κ1) is 35.3. The van der Waals surface area contributed by atoms with Crippen LogP contribution in [0.25, 0.3) is 6.08 Å². The Balaban J connectivity index is 1.56. The number of rotatable bonds is 11. The van der Waals surface area contributed by atoms with Gasteiger partial charge in [-0.15, -0.1) is 0 Å². The molecule has 0 aliphatic carbocycles. The van der Waals surface area contributed by atoms with Crippen LogP contribution in [0.2, 0.25) is 0 Å². The molecule has 11 atom stereocenters. The lowest BCUT2D eigenvalue weighted by atomic mass is 9.96. The zero-order chi connectivity index (χ0) is 33.7. The first-order valence-electron chi connectivity index (χ1n) is 14.0. The highest BCUT2D eigenvalue weighted by molar-refractivity contribution is 5.87. The van der Waals surface area contributed by atoms with Crippen molar-refractivity contribution < 1.29 is 84.7 Å². The Morgan fingerprint density at radius 3 is 2.02 bits per heavy atom. The van der Waals surface area contributed by atoms with Crippen molar-refractivity contribution >= 4 is 12.0 Å². The molecule has 4 rings (SSSR count). The topological polar surface area (TPSA) is 286 Å². The number of ether oxygens (including phenoxy) is 5. The summed E-state index contributed by atoms with van der Waals surface area (Å²) in [6.07, 6.45) is -16.4. The van der Waals surface area contributed by atoms with Gasteiger partial charge in [0.15, 0.2) is 41.7 Å². The Hall–Kier alpha value is -3.59. The molecule has 0 unspecified atom stereocenters. The molecule has 2 aliphatic rings. The van der Waals surface area contributed by atoms with E-state index < -0.39 is 116 Å². The predicted molar refractivity (Wildman–Crippen MR) is 150 cm³/mol. The van der Waals surface area contributed by atoms with Crippen molar-refractivity contribution in [1.29, 1.82) is 0 Å². The maximum Gasteiger partial charge on any atom is 0.331 e. The molecule has 2 aromatic rings. The lowest BCUT2D eigenvalue weighted by Gasteiger charge is -2.46. The summed E-state index contributed by atoms with van der Waals surface area (Å²) in [7, 11) is 0. The van der Waals surface area contributed by atoms with Crippen molar-refractivity contribution in [3.05, 3.63) is 53.6 Å². The number of aliphatic hydroxyl groups excluding tert-OH is 7. The van der Waals surface area contributed by atoms with Gasteiger partial charge in [-0.25, -0.2) is 4.79 Å². The maximum absolute atomic E-state index is 12.8. The van der Waals surface area contributed by atoms with Crippen molar-refractivity contribution in [2.45, 2.75) is 67.5 Å². The van der Waals surface area contributed by atoms with Gasteiger partial charge >= 0.3 is 5.97 Å². The number of aliphatic hydroxyl groups is 7. The Morgan fingerprint density at radius 1 is 0.761 bits per heavy atom. The molecule has 17 nitrogen and oxygen atoms in total. The standard InChI is InChI=1S/C29H36O17/c30-9-19-22(38)23(39)24(40)29(43-19)46-27-25(41)28(42-11-18(36)13-3-5-15(33)17(35)8-13)44-20(10-31)26(27)45-21(37)6-2-12-1-4-14(32)16(34)7-12/h1-8,18-20,22-36,38-41H,9-11H2/b6-2+/t18-,19+,20+,22-,23+,24+,25-,26-,27-,28-,29+/m1/s1. The van der Waals surface area contributed by atoms with Gasteiger partial charge in [-0.3, -0.25) is 0 Å². The van der Waals surface area contributed by atoms with Gasteiger partial charge in [0.25, 0.3) is 0 Å². The molecule has 46 heavy (non-hydrogen) atoms. The highest BCUT2D eigenvalue weighted by Crippen LogP contribution is 2.33. The van der Waals surface area contributed by atoms with Crippen LogP contribution in [0.5, 0.6) is 23.0 Å². The van der Waals surface area contributed by atoms with E-state index in [1.807, 2.05) is 0 Å². The van der Waals surface area contributed by atoms with E-state index in [1.165, 1.54) is 24.3 Å². The third kappa shape index (κ3) is 8.03. The average molecular weight is 657 g/mol. The molecular formula is C29H36O17. The van der Waals surface area contributed by atoms with Gasteiger partial charge in [0.1, 0.15) is 48.8 Å². The third-order valence-electron chi connectivity index (χ3n) is 7.40. The Kier molecular flexibility index (Phi) is 11.8. The molecule has 0 saturated carbocycles. The summed E-state index contributed by atoms with van der Waals surface area (Å²) in [6, 6.07) is 7.22. The summed E-state index contributed by atoms with van der Waals surface area (Å²) >= 11 is 0. The number of carbonyl (C=O) groups is 1. The highest BCUT2D eigenvalue weighted by Gasteiger charge is 2.52. The van der Waals surface area contributed by atoms with Crippen LogP contribution in [-0.2, 0) is 28.5 Å². The second kappa shape index (κ2) is 15.3. The first-order valence-corrected chi connectivity index (χ1v) is 14.0. The average Bonchev–Trinajstić information content (AvgIpc) is 3.03. The van der Waals surface area contributed by atoms with Crippen LogP contribution in [0.3, 0.4) is 0 Å². The zero-order valence-electron chi connectivity index (χ0n) is 24.0. The van der Waals surface area contributed by atoms with Crippen LogP contribution < -0.4 is 0 Å². The minimum atomic E-state index is -1.93. The number of aromatic hydroxyl groups is 4. The molecule has 2 aliphatic heterocycles. The van der Waals surface area contributed by atoms with E-state index in [9.17, 15) is 61.0 Å². The molecule has 17 heteroatoms. The van der Waals surface area contributed by atoms with E-state index in [4.69, 9.17) is 23.7 Å². The summed E-state index contributed by atoms with van der Waals surface area (Å²) in [4.78, 5) is 12.8. The summed E-state index contributed by atoms with van der Waals surface area (Å²) in [5.41, 5.74) is 0.406. The van der Waals surface area contributed by atoms with Gasteiger partial charge in [-0.1, -0.05) is 12.1 Å². The molecule has 11 N–H and O–H groups in total. The van der Waals surface area contributed by atoms with Crippen LogP contribution >= 0.6 is 0 Å². The van der Waals surface area contributed by atoms with Gasteiger partial charge in [0.05, 0.1) is 19.8 Å². The molecule has 2 heterocycles. The van der Waals surface area contributed by atoms with Crippen molar-refractivity contribution in [3.63, 3.8) is 0 Å². The summed E-state index contributed by atoms with van der Waals surface area (Å²) < 4.78 is 27.7. The Labute approximate surface area is 260 Å². The monoisotopic (exact) mass is 656 g/mol. The Morgan fingerprint density at radius 2 is 1.39 bits per heavy atom. The fourth-order valence-electron chi connectivity index (χ4n) is 4.82. The normalized spacial score (nSPS) is 32.3. The number of phenols is 4. The largest absolute Gasteiger partial charge is 0.504 e. The highest BCUT2D eigenvalue weighted by atomic mass is 16.7. The number of esters is 1. The number of hydrogen-bond donors (Lipinski definition) is 11. The van der Waals surface area contributed by atoms with Crippen molar-refractivity contribution in [2.75, 3.05) is 19.8 Å². The summed E-state index contributed by atoms with van der Waals surface area (Å²) in [5, 5.41) is 111. The van der Waals surface area contributed by atoms with Crippen LogP contribution in [0.1, 0.15) is 17.2 Å². The molecule has 0 aromatic heterocycles. The SMILES string of the molecule is O=C(/C=C/c1ccc(O)c(O)c1)O[C@H]1[C@H](O[C@@H]2O[C@@H](CO)[C@@H](O)[C@H](O)[C@@H]2O)[C@@H](O)[C@H](OC[C@@H](O)c2ccc(O)c(O)c2)O[C@H]1CO. The summed E-state index contributed by atoms with van der Waals surface area (Å²) in [5.74, 6) is -2.85. The lowest BCUT2D eigenvalue weighted by molar-refractivity contribution is -0.361. The van der Waals surface area contributed by atoms with E-state index in [1.54, 1.807) is 0 Å². The minimum Gasteiger partial charge on any atom is -0.504 e. The van der Waals surface area contributed by atoms with Gasteiger partial charge in [-0.2, -0.15) is 0 Å². The second-order valence-electron chi connectivity index (χ2n) is 10.6. The lowest BCUT2D eigenvalue weighted by Crippen LogP contribution is -2.65. The zero-order valence-corrected chi connectivity index (χ0v) is 24.0. The molecule has 2 saturated heterocycles. The van der Waals surface area contributed by atoms with E-state index in [-0.39, 0.29) is 11.1 Å². The third-order valence-corrected chi connectivity index (χ3v) is 7.40. The number of hydrogen-bond acceptors (Lipinski definition) is 17. The van der Waals surface area contributed by atoms with Gasteiger partial charge in [-0.05, 0) is 41.5 Å². The predicted octanol–water partition coefficient (Wildman–Crippen LogP) is -2.55.